The van der Waals surface area contributed by atoms with Gasteiger partial charge in [0.1, 0.15) is 0 Å². The Morgan fingerprint density at radius 3 is 1.37 bits per heavy atom. The molecular formula is C52H32. The van der Waals surface area contributed by atoms with Gasteiger partial charge in [0.2, 0.25) is 0 Å². The zero-order chi connectivity index (χ0) is 41.1. The molecule has 0 radical (unpaired) electrons. The van der Waals surface area contributed by atoms with Gasteiger partial charge in [0.15, 0.2) is 0 Å². The SMILES string of the molecule is [2H]c1c([2H])c([2H])c2c(-c3cccc4ccccc34)c3c([2H])c([2H])c([2H])c([2H])c3c(-c3ccc(-c4cc5c6ccccc6c6ccccc6c5c5ccccc45)cc3)c2c1[2H]. The first-order valence-electron chi connectivity index (χ1n) is 21.5. The van der Waals surface area contributed by atoms with E-state index in [9.17, 15) is 5.48 Å². The van der Waals surface area contributed by atoms with Crippen LogP contribution in [0.4, 0.5) is 0 Å². The highest BCUT2D eigenvalue weighted by molar-refractivity contribution is 6.33. The predicted molar refractivity (Wildman–Crippen MR) is 225 cm³/mol. The topological polar surface area (TPSA) is 0 Å². The lowest BCUT2D eigenvalue weighted by molar-refractivity contribution is 1.64. The van der Waals surface area contributed by atoms with Crippen molar-refractivity contribution in [2.24, 2.45) is 0 Å². The quantitative estimate of drug-likeness (QED) is 0.130. The minimum Gasteiger partial charge on any atom is -0.0616 e. The fraction of sp³-hybridized carbons (Fsp3) is 0. The average molecular weight is 665 g/mol. The van der Waals surface area contributed by atoms with Crippen molar-refractivity contribution in [1.29, 1.82) is 0 Å². The summed E-state index contributed by atoms with van der Waals surface area (Å²) in [6, 6.07) is 46.1. The number of hydrogen-bond acceptors (Lipinski definition) is 0. The molecule has 0 atom stereocenters. The molecule has 0 aromatic heterocycles. The van der Waals surface area contributed by atoms with E-state index in [1.54, 1.807) is 0 Å². The zero-order valence-corrected chi connectivity index (χ0v) is 27.9. The number of fused-ring (bicyclic) bond motifs is 11. The fourth-order valence-electron chi connectivity index (χ4n) is 8.45. The predicted octanol–water partition coefficient (Wildman–Crippen LogP) is 14.8. The maximum Gasteiger partial charge on any atom is 0.0629 e. The van der Waals surface area contributed by atoms with Gasteiger partial charge in [-0.05, 0) is 115 Å². The second-order valence-corrected chi connectivity index (χ2v) is 13.3. The largest absolute Gasteiger partial charge is 0.0629 e. The lowest BCUT2D eigenvalue weighted by Gasteiger charge is -2.19. The van der Waals surface area contributed by atoms with Gasteiger partial charge in [-0.2, -0.15) is 0 Å². The van der Waals surface area contributed by atoms with Crippen LogP contribution in [0.15, 0.2) is 194 Å². The van der Waals surface area contributed by atoms with Gasteiger partial charge < -0.3 is 0 Å². The second-order valence-electron chi connectivity index (χ2n) is 13.3. The highest BCUT2D eigenvalue weighted by Crippen LogP contribution is 2.47. The first-order chi connectivity index (χ1) is 29.2. The molecular weight excluding hydrogens is 625 g/mol. The van der Waals surface area contributed by atoms with Gasteiger partial charge in [0, 0.05) is 0 Å². The monoisotopic (exact) mass is 664 g/mol. The standard InChI is InChI=1S/C52H32/c1-2-16-36-33(14-1)15-13-27-41(36)51-46-25-11-9-23-44(46)50(45-24-10-12-26-47(45)51)35-30-28-34(29-31-35)48-32-49-39-19-4-3-17-37(39)38-18-5-7-21-42(38)52(49)43-22-8-6-20-40(43)48/h1-32H/i9D,10D,11D,12D,23D,24D,25D,26D. The minimum absolute atomic E-state index is 0.198. The van der Waals surface area contributed by atoms with Crippen molar-refractivity contribution >= 4 is 75.4 Å². The van der Waals surface area contributed by atoms with E-state index in [1.165, 1.54) is 21.5 Å². The first-order valence-corrected chi connectivity index (χ1v) is 17.5. The highest BCUT2D eigenvalue weighted by Gasteiger charge is 2.19. The Hall–Kier alpha value is -6.76. The lowest BCUT2D eigenvalue weighted by Crippen LogP contribution is -1.92. The number of rotatable bonds is 3. The van der Waals surface area contributed by atoms with Gasteiger partial charge in [0.25, 0.3) is 0 Å². The van der Waals surface area contributed by atoms with E-state index in [4.69, 9.17) is 5.48 Å². The van der Waals surface area contributed by atoms with E-state index in [-0.39, 0.29) is 45.7 Å². The molecule has 11 aromatic rings. The highest BCUT2D eigenvalue weighted by atomic mass is 14.2. The molecule has 0 spiro atoms. The smallest absolute Gasteiger partial charge is 0.0616 e. The lowest BCUT2D eigenvalue weighted by atomic mass is 9.84. The molecule has 0 heteroatoms. The van der Waals surface area contributed by atoms with Crippen molar-refractivity contribution in [3.8, 4) is 33.4 Å². The van der Waals surface area contributed by atoms with E-state index in [2.05, 4.69) is 72.8 Å². The first kappa shape index (κ1) is 22.1. The summed E-state index contributed by atoms with van der Waals surface area (Å²) >= 11 is 0. The fourth-order valence-corrected chi connectivity index (χ4v) is 8.45. The maximum absolute atomic E-state index is 9.42. The Balaban J connectivity index is 1.25. The maximum atomic E-state index is 9.42. The molecule has 0 unspecified atom stereocenters. The summed E-state index contributed by atoms with van der Waals surface area (Å²) in [6.07, 6.45) is 0. The normalized spacial score (nSPS) is 14.0. The summed E-state index contributed by atoms with van der Waals surface area (Å²) in [6.45, 7) is 0. The summed E-state index contributed by atoms with van der Waals surface area (Å²) in [5, 5.41) is 11.7. The van der Waals surface area contributed by atoms with Crippen LogP contribution in [0.3, 0.4) is 0 Å². The van der Waals surface area contributed by atoms with Crippen LogP contribution < -0.4 is 0 Å². The third kappa shape index (κ3) is 4.22. The average Bonchev–Trinajstić information content (AvgIpc) is 3.30. The second kappa shape index (κ2) is 11.4. The Bertz CT molecular complexity index is 3600. The van der Waals surface area contributed by atoms with Gasteiger partial charge in [-0.15, -0.1) is 0 Å². The molecule has 0 aliphatic carbocycles. The van der Waals surface area contributed by atoms with Crippen LogP contribution >= 0.6 is 0 Å². The molecule has 0 amide bonds. The summed E-state index contributed by atoms with van der Waals surface area (Å²) in [5.74, 6) is 0. The minimum atomic E-state index is -0.420. The molecule has 0 nitrogen and oxygen atoms in total. The third-order valence-corrected chi connectivity index (χ3v) is 10.7. The van der Waals surface area contributed by atoms with Gasteiger partial charge >= 0.3 is 0 Å². The summed E-state index contributed by atoms with van der Waals surface area (Å²) in [4.78, 5) is 0. The summed E-state index contributed by atoms with van der Waals surface area (Å²) in [5.41, 5.74) is 3.81. The van der Waals surface area contributed by atoms with Crippen LogP contribution in [-0.4, -0.2) is 0 Å². The Kier molecular flexibility index (Phi) is 4.85. The van der Waals surface area contributed by atoms with Crippen molar-refractivity contribution in [3.05, 3.63) is 194 Å². The van der Waals surface area contributed by atoms with Crippen LogP contribution in [0.5, 0.6) is 0 Å². The van der Waals surface area contributed by atoms with E-state index in [0.717, 1.165) is 43.4 Å². The Morgan fingerprint density at radius 1 is 0.288 bits per heavy atom. The summed E-state index contributed by atoms with van der Waals surface area (Å²) in [7, 11) is 0. The van der Waals surface area contributed by atoms with Crippen molar-refractivity contribution in [1.82, 2.24) is 0 Å². The molecule has 0 fully saturated rings. The molecule has 0 saturated carbocycles. The van der Waals surface area contributed by atoms with Crippen LogP contribution in [0.1, 0.15) is 11.0 Å². The van der Waals surface area contributed by atoms with Crippen molar-refractivity contribution in [3.63, 3.8) is 0 Å². The molecule has 0 heterocycles. The van der Waals surface area contributed by atoms with E-state index in [1.807, 2.05) is 72.8 Å². The molecule has 52 heavy (non-hydrogen) atoms. The molecule has 0 N–H and O–H groups in total. The van der Waals surface area contributed by atoms with Crippen LogP contribution in [0.25, 0.3) is 109 Å². The Morgan fingerprint density at radius 2 is 0.731 bits per heavy atom. The molecule has 11 rings (SSSR count). The zero-order valence-electron chi connectivity index (χ0n) is 35.9. The Labute approximate surface area is 313 Å². The molecule has 240 valence electrons. The van der Waals surface area contributed by atoms with Crippen molar-refractivity contribution in [2.45, 2.75) is 0 Å². The van der Waals surface area contributed by atoms with Crippen LogP contribution in [0, 0.1) is 0 Å². The van der Waals surface area contributed by atoms with Crippen molar-refractivity contribution < 1.29 is 11.0 Å². The van der Waals surface area contributed by atoms with Gasteiger partial charge in [-0.1, -0.05) is 188 Å². The molecule has 0 aliphatic rings. The third-order valence-electron chi connectivity index (χ3n) is 10.7. The molecule has 0 saturated heterocycles. The van der Waals surface area contributed by atoms with Gasteiger partial charge in [-0.25, -0.2) is 0 Å². The molecule has 11 aromatic carbocycles. The van der Waals surface area contributed by atoms with Gasteiger partial charge in [0.05, 0.1) is 11.0 Å². The summed E-state index contributed by atoms with van der Waals surface area (Å²) < 4.78 is 73.0. The van der Waals surface area contributed by atoms with E-state index in [0.29, 0.717) is 22.3 Å². The van der Waals surface area contributed by atoms with Gasteiger partial charge in [-0.3, -0.25) is 0 Å². The van der Waals surface area contributed by atoms with Crippen molar-refractivity contribution in [2.75, 3.05) is 0 Å². The number of hydrogen-bond donors (Lipinski definition) is 0. The van der Waals surface area contributed by atoms with E-state index < -0.39 is 24.2 Å². The van der Waals surface area contributed by atoms with Crippen LogP contribution in [0.2, 0.25) is 0 Å². The molecule has 0 aliphatic heterocycles. The van der Waals surface area contributed by atoms with E-state index >= 15 is 0 Å². The van der Waals surface area contributed by atoms with Crippen LogP contribution in [-0.2, 0) is 0 Å². The number of benzene rings is 11. The molecule has 0 bridgehead atoms.